The van der Waals surface area contributed by atoms with E-state index in [1.165, 1.54) is 11.8 Å². The predicted molar refractivity (Wildman–Crippen MR) is 128 cm³/mol. The third-order valence-corrected chi connectivity index (χ3v) is 6.18. The van der Waals surface area contributed by atoms with Gasteiger partial charge in [-0.1, -0.05) is 48.0 Å². The van der Waals surface area contributed by atoms with Crippen molar-refractivity contribution >= 4 is 34.0 Å². The standard InChI is InChI=1S/C26H23ClFN3O/c27-22-9-5-10-23(28)21(22)18-32-24-11-4-6-19-12-13-25(29-26(19)24)31-16-14-30(15-17-31)20-7-2-1-3-8-20/h1-13H,14-18H2. The molecule has 0 unspecified atom stereocenters. The van der Waals surface area contributed by atoms with E-state index in [0.29, 0.717) is 16.3 Å². The maximum Gasteiger partial charge on any atom is 0.146 e. The van der Waals surface area contributed by atoms with Crippen LogP contribution in [0.1, 0.15) is 5.56 Å². The summed E-state index contributed by atoms with van der Waals surface area (Å²) in [6.45, 7) is 3.70. The number of pyridine rings is 1. The van der Waals surface area contributed by atoms with Crippen LogP contribution in [0.2, 0.25) is 5.02 Å². The summed E-state index contributed by atoms with van der Waals surface area (Å²) in [5, 5.41) is 1.34. The lowest BCUT2D eigenvalue weighted by Gasteiger charge is -2.36. The first-order valence-corrected chi connectivity index (χ1v) is 11.1. The molecule has 1 fully saturated rings. The third kappa shape index (κ3) is 4.21. The maximum atomic E-state index is 14.1. The number of hydrogen-bond acceptors (Lipinski definition) is 4. The molecule has 1 aliphatic rings. The van der Waals surface area contributed by atoms with Crippen LogP contribution in [0.25, 0.3) is 10.9 Å². The Hall–Kier alpha value is -3.31. The summed E-state index contributed by atoms with van der Waals surface area (Å²) in [5.41, 5.74) is 2.36. The first kappa shape index (κ1) is 20.6. The number of fused-ring (bicyclic) bond motifs is 1. The van der Waals surface area contributed by atoms with Gasteiger partial charge in [0, 0.05) is 42.8 Å². The molecule has 2 heterocycles. The number of rotatable bonds is 5. The van der Waals surface area contributed by atoms with Crippen molar-refractivity contribution in [3.8, 4) is 5.75 Å². The zero-order chi connectivity index (χ0) is 21.9. The van der Waals surface area contributed by atoms with Gasteiger partial charge in [0.1, 0.15) is 29.5 Å². The molecule has 3 aromatic carbocycles. The van der Waals surface area contributed by atoms with Crippen LogP contribution < -0.4 is 14.5 Å². The fraction of sp³-hybridized carbons (Fsp3) is 0.192. The average Bonchev–Trinajstić information content (AvgIpc) is 2.84. The first-order chi connectivity index (χ1) is 15.7. The molecule has 32 heavy (non-hydrogen) atoms. The number of piperazine rings is 1. The van der Waals surface area contributed by atoms with E-state index in [1.54, 1.807) is 12.1 Å². The summed E-state index contributed by atoms with van der Waals surface area (Å²) in [7, 11) is 0. The molecule has 1 aliphatic heterocycles. The van der Waals surface area contributed by atoms with E-state index in [2.05, 4.69) is 46.2 Å². The average molecular weight is 448 g/mol. The fourth-order valence-corrected chi connectivity index (χ4v) is 4.27. The highest BCUT2D eigenvalue weighted by atomic mass is 35.5. The predicted octanol–water partition coefficient (Wildman–Crippen LogP) is 5.93. The van der Waals surface area contributed by atoms with Gasteiger partial charge in [0.2, 0.25) is 0 Å². The monoisotopic (exact) mass is 447 g/mol. The van der Waals surface area contributed by atoms with Crippen molar-refractivity contribution in [2.45, 2.75) is 6.61 Å². The molecule has 5 rings (SSSR count). The molecule has 0 aliphatic carbocycles. The molecule has 4 nitrogen and oxygen atoms in total. The molecule has 1 saturated heterocycles. The van der Waals surface area contributed by atoms with Crippen LogP contribution in [0.15, 0.2) is 78.9 Å². The number of anilines is 2. The van der Waals surface area contributed by atoms with Gasteiger partial charge in [0.15, 0.2) is 0 Å². The van der Waals surface area contributed by atoms with Crippen molar-refractivity contribution in [3.05, 3.63) is 95.3 Å². The lowest BCUT2D eigenvalue weighted by atomic mass is 10.2. The smallest absolute Gasteiger partial charge is 0.146 e. The Morgan fingerprint density at radius 2 is 1.56 bits per heavy atom. The van der Waals surface area contributed by atoms with E-state index in [9.17, 15) is 4.39 Å². The van der Waals surface area contributed by atoms with Crippen molar-refractivity contribution in [3.63, 3.8) is 0 Å². The zero-order valence-electron chi connectivity index (χ0n) is 17.5. The molecule has 0 N–H and O–H groups in total. The molecule has 0 radical (unpaired) electrons. The van der Waals surface area contributed by atoms with Crippen molar-refractivity contribution in [2.75, 3.05) is 36.0 Å². The number of ether oxygens (including phenoxy) is 1. The highest BCUT2D eigenvalue weighted by molar-refractivity contribution is 6.31. The molecule has 0 spiro atoms. The molecule has 4 aromatic rings. The van der Waals surface area contributed by atoms with Gasteiger partial charge in [-0.05, 0) is 42.5 Å². The molecule has 6 heteroatoms. The van der Waals surface area contributed by atoms with Gasteiger partial charge in [0.25, 0.3) is 0 Å². The normalized spacial score (nSPS) is 14.1. The molecular weight excluding hydrogens is 425 g/mol. The van der Waals surface area contributed by atoms with E-state index < -0.39 is 0 Å². The molecular formula is C26H23ClFN3O. The van der Waals surface area contributed by atoms with Crippen LogP contribution in [-0.4, -0.2) is 31.2 Å². The second-order valence-corrected chi connectivity index (χ2v) is 8.20. The molecule has 0 amide bonds. The Labute approximate surface area is 191 Å². The van der Waals surface area contributed by atoms with Crippen molar-refractivity contribution in [2.24, 2.45) is 0 Å². The fourth-order valence-electron chi connectivity index (χ4n) is 4.05. The third-order valence-electron chi connectivity index (χ3n) is 5.83. The van der Waals surface area contributed by atoms with Gasteiger partial charge in [-0.3, -0.25) is 0 Å². The minimum Gasteiger partial charge on any atom is -0.486 e. The summed E-state index contributed by atoms with van der Waals surface area (Å²) in [4.78, 5) is 9.60. The number of nitrogens with zero attached hydrogens (tertiary/aromatic N) is 3. The Kier molecular flexibility index (Phi) is 5.82. The van der Waals surface area contributed by atoms with Gasteiger partial charge in [0.05, 0.1) is 5.02 Å². The summed E-state index contributed by atoms with van der Waals surface area (Å²) in [6, 6.07) is 25.0. The van der Waals surface area contributed by atoms with Gasteiger partial charge >= 0.3 is 0 Å². The Morgan fingerprint density at radius 3 is 2.34 bits per heavy atom. The molecule has 1 aromatic heterocycles. The Balaban J connectivity index is 1.35. The lowest BCUT2D eigenvalue weighted by molar-refractivity contribution is 0.303. The Bertz CT molecular complexity index is 1210. The summed E-state index contributed by atoms with van der Waals surface area (Å²) < 4.78 is 20.1. The van der Waals surface area contributed by atoms with Gasteiger partial charge < -0.3 is 14.5 Å². The maximum absolute atomic E-state index is 14.1. The van der Waals surface area contributed by atoms with Crippen LogP contribution in [0.3, 0.4) is 0 Å². The van der Waals surface area contributed by atoms with Crippen LogP contribution in [0.5, 0.6) is 5.75 Å². The minimum absolute atomic E-state index is 0.0479. The Morgan fingerprint density at radius 1 is 0.812 bits per heavy atom. The van der Waals surface area contributed by atoms with Gasteiger partial charge in [-0.2, -0.15) is 0 Å². The van der Waals surface area contributed by atoms with Crippen molar-refractivity contribution < 1.29 is 9.13 Å². The highest BCUT2D eigenvalue weighted by Crippen LogP contribution is 2.29. The van der Waals surface area contributed by atoms with Crippen molar-refractivity contribution in [1.29, 1.82) is 0 Å². The molecule has 0 atom stereocenters. The molecule has 0 bridgehead atoms. The topological polar surface area (TPSA) is 28.6 Å². The lowest BCUT2D eigenvalue weighted by Crippen LogP contribution is -2.46. The summed E-state index contributed by atoms with van der Waals surface area (Å²) in [6.07, 6.45) is 0. The van der Waals surface area contributed by atoms with Crippen molar-refractivity contribution in [1.82, 2.24) is 4.98 Å². The largest absolute Gasteiger partial charge is 0.486 e. The minimum atomic E-state index is -0.373. The van der Waals surface area contributed by atoms with E-state index >= 15 is 0 Å². The first-order valence-electron chi connectivity index (χ1n) is 10.7. The van der Waals surface area contributed by atoms with Gasteiger partial charge in [-0.15, -0.1) is 0 Å². The molecule has 0 saturated carbocycles. The second kappa shape index (κ2) is 9.05. The molecule has 162 valence electrons. The van der Waals surface area contributed by atoms with Crippen LogP contribution in [-0.2, 0) is 6.61 Å². The van der Waals surface area contributed by atoms with Crippen LogP contribution >= 0.6 is 11.6 Å². The quantitative estimate of drug-likeness (QED) is 0.379. The zero-order valence-corrected chi connectivity index (χ0v) is 18.3. The van der Waals surface area contributed by atoms with Crippen LogP contribution in [0.4, 0.5) is 15.9 Å². The van der Waals surface area contributed by atoms with E-state index in [1.807, 2.05) is 24.3 Å². The number of halogens is 2. The SMILES string of the molecule is Fc1cccc(Cl)c1COc1cccc2ccc(N3CCN(c4ccccc4)CC3)nc12. The highest BCUT2D eigenvalue weighted by Gasteiger charge is 2.19. The second-order valence-electron chi connectivity index (χ2n) is 7.80. The number of para-hydroxylation sites is 2. The van der Waals surface area contributed by atoms with E-state index in [-0.39, 0.29) is 12.4 Å². The number of benzene rings is 3. The summed E-state index contributed by atoms with van der Waals surface area (Å²) >= 11 is 6.15. The number of hydrogen-bond donors (Lipinski definition) is 0. The van der Waals surface area contributed by atoms with Crippen LogP contribution in [0, 0.1) is 5.82 Å². The summed E-state index contributed by atoms with van der Waals surface area (Å²) in [5.74, 6) is 1.17. The van der Waals surface area contributed by atoms with Gasteiger partial charge in [-0.25, -0.2) is 9.37 Å². The van der Waals surface area contributed by atoms with E-state index in [0.717, 1.165) is 42.9 Å². The van der Waals surface area contributed by atoms with E-state index in [4.69, 9.17) is 21.3 Å². The number of aromatic nitrogens is 1.